The predicted molar refractivity (Wildman–Crippen MR) is 105 cm³/mol. The molecule has 26 heavy (non-hydrogen) atoms. The van der Waals surface area contributed by atoms with E-state index in [0.717, 1.165) is 30.6 Å². The van der Waals surface area contributed by atoms with Gasteiger partial charge in [-0.3, -0.25) is 19.4 Å². The molecule has 0 spiro atoms. The fourth-order valence-electron chi connectivity index (χ4n) is 4.09. The molecule has 0 N–H and O–H groups in total. The molecular formula is C21H24N2O2S. The number of Topliss-reactive ketones (excluding diaryl/α,β-unsaturated/α-hetero) is 1. The van der Waals surface area contributed by atoms with Gasteiger partial charge in [0, 0.05) is 17.5 Å². The molecular weight excluding hydrogens is 344 g/mol. The van der Waals surface area contributed by atoms with Crippen molar-refractivity contribution >= 4 is 28.7 Å². The number of thiophene rings is 1. The van der Waals surface area contributed by atoms with Crippen molar-refractivity contribution < 1.29 is 9.59 Å². The number of rotatable bonds is 4. The Morgan fingerprint density at radius 3 is 2.77 bits per heavy atom. The average molecular weight is 369 g/mol. The second kappa shape index (κ2) is 6.63. The minimum atomic E-state index is -0.396. The van der Waals surface area contributed by atoms with Gasteiger partial charge in [-0.25, -0.2) is 0 Å². The number of benzene rings is 1. The van der Waals surface area contributed by atoms with E-state index in [-0.39, 0.29) is 5.78 Å². The number of hydrogen-bond donors (Lipinski definition) is 0. The van der Waals surface area contributed by atoms with E-state index in [1.165, 1.54) is 10.4 Å². The summed E-state index contributed by atoms with van der Waals surface area (Å²) in [4.78, 5) is 30.6. The molecule has 0 unspecified atom stereocenters. The number of ketones is 1. The van der Waals surface area contributed by atoms with Gasteiger partial charge in [-0.15, -0.1) is 11.3 Å². The van der Waals surface area contributed by atoms with Crippen LogP contribution in [0, 0.1) is 0 Å². The van der Waals surface area contributed by atoms with Crippen LogP contribution < -0.4 is 4.90 Å². The Bertz CT molecular complexity index is 871. The zero-order valence-electron chi connectivity index (χ0n) is 15.5. The number of anilines is 1. The first kappa shape index (κ1) is 17.4. The second-order valence-electron chi connectivity index (χ2n) is 7.42. The Kier molecular flexibility index (Phi) is 4.45. The van der Waals surface area contributed by atoms with Crippen LogP contribution in [0.2, 0.25) is 0 Å². The highest BCUT2D eigenvalue weighted by Gasteiger charge is 2.38. The highest BCUT2D eigenvalue weighted by molar-refractivity contribution is 7.10. The third-order valence-corrected chi connectivity index (χ3v) is 6.57. The second-order valence-corrected chi connectivity index (χ2v) is 8.42. The van der Waals surface area contributed by atoms with Crippen LogP contribution in [-0.2, 0) is 11.2 Å². The van der Waals surface area contributed by atoms with E-state index < -0.39 is 5.91 Å². The van der Waals surface area contributed by atoms with Gasteiger partial charge in [-0.05, 0) is 53.5 Å². The fraction of sp³-hybridized carbons (Fsp3) is 0.429. The van der Waals surface area contributed by atoms with Crippen molar-refractivity contribution in [2.75, 3.05) is 18.1 Å². The van der Waals surface area contributed by atoms with E-state index in [4.69, 9.17) is 0 Å². The van der Waals surface area contributed by atoms with Crippen LogP contribution in [-0.4, -0.2) is 29.8 Å². The van der Waals surface area contributed by atoms with Gasteiger partial charge in [0.05, 0.1) is 17.9 Å². The molecule has 0 bridgehead atoms. The van der Waals surface area contributed by atoms with Crippen molar-refractivity contribution in [3.63, 3.8) is 0 Å². The summed E-state index contributed by atoms with van der Waals surface area (Å²) in [6.07, 6.45) is 2.01. The number of nitrogens with zero attached hydrogens (tertiary/aromatic N) is 2. The molecule has 1 atom stereocenters. The van der Waals surface area contributed by atoms with E-state index in [2.05, 4.69) is 37.1 Å². The molecule has 0 fully saturated rings. The van der Waals surface area contributed by atoms with Crippen LogP contribution in [0.15, 0.2) is 29.6 Å². The monoisotopic (exact) mass is 368 g/mol. The zero-order chi connectivity index (χ0) is 18.4. The molecule has 2 aliphatic rings. The summed E-state index contributed by atoms with van der Waals surface area (Å²) in [6, 6.07) is 8.39. The van der Waals surface area contributed by atoms with E-state index >= 15 is 0 Å². The lowest BCUT2D eigenvalue weighted by Crippen LogP contribution is -2.45. The van der Waals surface area contributed by atoms with Crippen LogP contribution in [0.5, 0.6) is 0 Å². The minimum Gasteiger partial charge on any atom is -0.291 e. The highest BCUT2D eigenvalue weighted by atomic mass is 32.1. The molecule has 1 aromatic carbocycles. The Labute approximate surface area is 158 Å². The number of hydrogen-bond acceptors (Lipinski definition) is 4. The smallest absolute Gasteiger partial charge is 0.291 e. The van der Waals surface area contributed by atoms with E-state index in [1.54, 1.807) is 4.90 Å². The Morgan fingerprint density at radius 2 is 2.04 bits per heavy atom. The van der Waals surface area contributed by atoms with Gasteiger partial charge >= 0.3 is 5.91 Å². The van der Waals surface area contributed by atoms with Gasteiger partial charge in [0.2, 0.25) is 0 Å². The third-order valence-electron chi connectivity index (χ3n) is 5.58. The first-order valence-corrected chi connectivity index (χ1v) is 10.2. The normalized spacial score (nSPS) is 20.0. The molecule has 0 aliphatic carbocycles. The molecule has 4 rings (SSSR count). The Balaban J connectivity index is 1.64. The summed E-state index contributed by atoms with van der Waals surface area (Å²) in [6.45, 7) is 7.78. The van der Waals surface area contributed by atoms with Crippen molar-refractivity contribution in [2.45, 2.75) is 45.6 Å². The summed E-state index contributed by atoms with van der Waals surface area (Å²) in [5, 5.41) is 2.16. The lowest BCUT2D eigenvalue weighted by molar-refractivity contribution is -0.114. The van der Waals surface area contributed by atoms with Crippen LogP contribution in [0.25, 0.3) is 0 Å². The van der Waals surface area contributed by atoms with E-state index in [0.29, 0.717) is 24.2 Å². The van der Waals surface area contributed by atoms with Gasteiger partial charge < -0.3 is 0 Å². The highest BCUT2D eigenvalue weighted by Crippen LogP contribution is 2.37. The molecule has 5 heteroatoms. The van der Waals surface area contributed by atoms with Crippen LogP contribution >= 0.6 is 11.3 Å². The van der Waals surface area contributed by atoms with Gasteiger partial charge in [0.1, 0.15) is 0 Å². The maximum Gasteiger partial charge on any atom is 0.300 e. The van der Waals surface area contributed by atoms with Crippen molar-refractivity contribution in [2.24, 2.45) is 0 Å². The van der Waals surface area contributed by atoms with Gasteiger partial charge in [0.25, 0.3) is 5.78 Å². The van der Waals surface area contributed by atoms with E-state index in [9.17, 15) is 9.59 Å². The maximum absolute atomic E-state index is 12.7. The number of carbonyl (C=O) groups excluding carboxylic acids is 2. The number of fused-ring (bicyclic) bond motifs is 2. The van der Waals surface area contributed by atoms with Crippen LogP contribution in [0.3, 0.4) is 0 Å². The summed E-state index contributed by atoms with van der Waals surface area (Å²) < 4.78 is 0. The quantitative estimate of drug-likeness (QED) is 0.753. The first-order chi connectivity index (χ1) is 12.5. The topological polar surface area (TPSA) is 40.6 Å². The zero-order valence-corrected chi connectivity index (χ0v) is 16.3. The van der Waals surface area contributed by atoms with Crippen LogP contribution in [0.4, 0.5) is 5.69 Å². The van der Waals surface area contributed by atoms with Crippen molar-refractivity contribution in [3.8, 4) is 0 Å². The lowest BCUT2D eigenvalue weighted by Gasteiger charge is -2.37. The fourth-order valence-corrected chi connectivity index (χ4v) is 5.02. The van der Waals surface area contributed by atoms with E-state index in [1.807, 2.05) is 29.5 Å². The molecule has 1 amide bonds. The predicted octanol–water partition coefficient (Wildman–Crippen LogP) is 4.37. The largest absolute Gasteiger partial charge is 0.300 e. The summed E-state index contributed by atoms with van der Waals surface area (Å²) in [7, 11) is 0. The molecule has 0 saturated heterocycles. The average Bonchev–Trinajstić information content (AvgIpc) is 3.20. The van der Waals surface area contributed by atoms with Crippen LogP contribution in [0.1, 0.15) is 65.5 Å². The molecule has 0 radical (unpaired) electrons. The number of carbonyl (C=O) groups is 2. The van der Waals surface area contributed by atoms with Gasteiger partial charge in [-0.2, -0.15) is 0 Å². The summed E-state index contributed by atoms with van der Waals surface area (Å²) in [5.74, 6) is -0.434. The van der Waals surface area contributed by atoms with Crippen molar-refractivity contribution in [3.05, 3.63) is 51.2 Å². The molecule has 2 aliphatic heterocycles. The first-order valence-electron chi connectivity index (χ1n) is 9.31. The SMILES string of the molecule is CC[C@H]1c2ccsc2CCN1CN1C(=O)C(=O)c2cc(C(C)C)ccc21. The van der Waals surface area contributed by atoms with Gasteiger partial charge in [0.15, 0.2) is 0 Å². The van der Waals surface area contributed by atoms with Gasteiger partial charge in [-0.1, -0.05) is 26.8 Å². The molecule has 1 aromatic heterocycles. The summed E-state index contributed by atoms with van der Waals surface area (Å²) >= 11 is 1.82. The molecule has 0 saturated carbocycles. The molecule has 136 valence electrons. The standard InChI is InChI=1S/C21H24N2O2S/c1-4-17-15-8-10-26-19(15)7-9-22(17)12-23-18-6-5-14(13(2)3)11-16(18)20(24)21(23)25/h5-6,8,10-11,13,17H,4,7,9,12H2,1-3H3/t17-/m0/s1. The molecule has 3 heterocycles. The number of amides is 1. The lowest BCUT2D eigenvalue weighted by atomic mass is 9.98. The Morgan fingerprint density at radius 1 is 1.23 bits per heavy atom. The Hall–Kier alpha value is -1.98. The third kappa shape index (κ3) is 2.70. The summed E-state index contributed by atoms with van der Waals surface area (Å²) in [5.41, 5.74) is 3.80. The molecule has 4 nitrogen and oxygen atoms in total. The van der Waals surface area contributed by atoms with Crippen molar-refractivity contribution in [1.29, 1.82) is 0 Å². The van der Waals surface area contributed by atoms with Crippen molar-refractivity contribution in [1.82, 2.24) is 4.90 Å². The maximum atomic E-state index is 12.7. The molecule has 2 aromatic rings. The minimum absolute atomic E-state index is 0.312.